The molecule has 0 fully saturated rings. The van der Waals surface area contributed by atoms with Crippen LogP contribution in [0.4, 0.5) is 0 Å². The zero-order valence-corrected chi connectivity index (χ0v) is 16.9. The van der Waals surface area contributed by atoms with Gasteiger partial charge in [0.25, 0.3) is 0 Å². The lowest BCUT2D eigenvalue weighted by molar-refractivity contribution is 0.426. The van der Waals surface area contributed by atoms with Gasteiger partial charge in [-0.1, -0.05) is 54.8 Å². The van der Waals surface area contributed by atoms with E-state index in [1.54, 1.807) is 6.07 Å². The third-order valence-electron chi connectivity index (χ3n) is 6.06. The van der Waals surface area contributed by atoms with Gasteiger partial charge in [0.2, 0.25) is 0 Å². The molecule has 0 unspecified atom stereocenters. The van der Waals surface area contributed by atoms with Crippen LogP contribution in [0.5, 0.6) is 0 Å². The molecule has 0 saturated carbocycles. The number of para-hydroxylation sites is 1. The maximum absolute atomic E-state index is 9.71. The summed E-state index contributed by atoms with van der Waals surface area (Å²) >= 11 is 0. The van der Waals surface area contributed by atoms with Gasteiger partial charge in [-0.05, 0) is 41.9 Å². The van der Waals surface area contributed by atoms with E-state index < -0.39 is 7.12 Å². The van der Waals surface area contributed by atoms with E-state index in [1.807, 2.05) is 43.2 Å². The Hall–Kier alpha value is -3.47. The molecule has 0 spiro atoms. The van der Waals surface area contributed by atoms with E-state index in [0.717, 1.165) is 54.9 Å². The van der Waals surface area contributed by atoms with Crippen LogP contribution in [0.3, 0.4) is 0 Å². The Kier molecular flexibility index (Phi) is 4.00. The van der Waals surface area contributed by atoms with E-state index >= 15 is 0 Å². The van der Waals surface area contributed by atoms with Gasteiger partial charge in [0.05, 0.1) is 11.0 Å². The summed E-state index contributed by atoms with van der Waals surface area (Å²) in [6.07, 6.45) is 0. The monoisotopic (exact) mass is 402 g/mol. The summed E-state index contributed by atoms with van der Waals surface area (Å²) in [4.78, 5) is 0. The highest BCUT2D eigenvalue weighted by atomic mass is 16.4. The number of benzene rings is 4. The van der Waals surface area contributed by atoms with Crippen LogP contribution in [0.15, 0.2) is 83.3 Å². The van der Waals surface area contributed by atoms with Crippen molar-refractivity contribution in [3.8, 4) is 5.69 Å². The van der Waals surface area contributed by atoms with E-state index in [4.69, 9.17) is 4.42 Å². The average Bonchev–Trinajstić information content (AvgIpc) is 3.33. The van der Waals surface area contributed by atoms with Crippen molar-refractivity contribution in [1.29, 1.82) is 0 Å². The summed E-state index contributed by atoms with van der Waals surface area (Å²) in [5.74, 6) is 0. The highest BCUT2D eigenvalue weighted by molar-refractivity contribution is 6.59. The summed E-state index contributed by atoms with van der Waals surface area (Å²) in [7, 11) is 0.564. The SMILES string of the molecule is C[B]c1ccc2c(c1)c1cc(B(O)O)ccc1n2-c1ccc2oc3ccccc3c2c1. The number of hydrogen-bond acceptors (Lipinski definition) is 3. The van der Waals surface area contributed by atoms with Gasteiger partial charge in [-0.15, -0.1) is 0 Å². The Morgan fingerprint density at radius 3 is 2.29 bits per heavy atom. The summed E-state index contributed by atoms with van der Waals surface area (Å²) in [5.41, 5.74) is 6.45. The number of nitrogens with zero attached hydrogens (tertiary/aromatic N) is 1. The van der Waals surface area contributed by atoms with Gasteiger partial charge in [-0.25, -0.2) is 0 Å². The van der Waals surface area contributed by atoms with Crippen molar-refractivity contribution < 1.29 is 14.5 Å². The highest BCUT2D eigenvalue weighted by Crippen LogP contribution is 2.34. The van der Waals surface area contributed by atoms with E-state index in [-0.39, 0.29) is 0 Å². The van der Waals surface area contributed by atoms with Crippen LogP contribution in [0, 0.1) is 0 Å². The molecule has 0 aliphatic heterocycles. The highest BCUT2D eigenvalue weighted by Gasteiger charge is 2.18. The molecule has 0 amide bonds. The molecule has 0 aliphatic carbocycles. The molecule has 0 atom stereocenters. The van der Waals surface area contributed by atoms with Gasteiger partial charge in [-0.3, -0.25) is 0 Å². The van der Waals surface area contributed by atoms with E-state index in [2.05, 4.69) is 48.2 Å². The van der Waals surface area contributed by atoms with Gasteiger partial charge in [0.15, 0.2) is 0 Å². The fourth-order valence-electron chi connectivity index (χ4n) is 4.53. The minimum absolute atomic E-state index is 0.480. The Bertz CT molecular complexity index is 1610. The summed E-state index contributed by atoms with van der Waals surface area (Å²) in [5, 5.41) is 23.6. The molecule has 2 heterocycles. The molecule has 2 aromatic heterocycles. The van der Waals surface area contributed by atoms with Crippen LogP contribution in [0.1, 0.15) is 0 Å². The predicted octanol–water partition coefficient (Wildman–Crippen LogP) is 3.74. The second kappa shape index (κ2) is 6.77. The second-order valence-corrected chi connectivity index (χ2v) is 7.83. The van der Waals surface area contributed by atoms with Crippen molar-refractivity contribution in [2.24, 2.45) is 0 Å². The summed E-state index contributed by atoms with van der Waals surface area (Å²) in [6.45, 7) is 2.02. The molecule has 4 nitrogen and oxygen atoms in total. The Balaban J connectivity index is 1.70. The van der Waals surface area contributed by atoms with Crippen molar-refractivity contribution in [3.63, 3.8) is 0 Å². The van der Waals surface area contributed by atoms with Crippen LogP contribution in [-0.4, -0.2) is 29.0 Å². The van der Waals surface area contributed by atoms with Gasteiger partial charge in [0.1, 0.15) is 18.4 Å². The van der Waals surface area contributed by atoms with Crippen LogP contribution in [0.25, 0.3) is 49.4 Å². The fraction of sp³-hybridized carbons (Fsp3) is 0.0400. The van der Waals surface area contributed by atoms with Crippen molar-refractivity contribution in [2.45, 2.75) is 6.82 Å². The maximum atomic E-state index is 9.71. The second-order valence-electron chi connectivity index (χ2n) is 7.83. The van der Waals surface area contributed by atoms with Gasteiger partial charge < -0.3 is 19.0 Å². The molecule has 2 N–H and O–H groups in total. The topological polar surface area (TPSA) is 58.5 Å². The first kappa shape index (κ1) is 18.3. The maximum Gasteiger partial charge on any atom is 0.488 e. The third kappa shape index (κ3) is 2.73. The Labute approximate surface area is 179 Å². The molecule has 6 aromatic rings. The molecular weight excluding hydrogens is 384 g/mol. The van der Waals surface area contributed by atoms with Crippen LogP contribution in [-0.2, 0) is 0 Å². The summed E-state index contributed by atoms with van der Waals surface area (Å²) < 4.78 is 8.22. The van der Waals surface area contributed by atoms with Crippen molar-refractivity contribution in [2.75, 3.05) is 0 Å². The van der Waals surface area contributed by atoms with Crippen molar-refractivity contribution >= 4 is 69.1 Å². The van der Waals surface area contributed by atoms with Gasteiger partial charge in [0, 0.05) is 27.2 Å². The molecule has 31 heavy (non-hydrogen) atoms. The molecule has 1 radical (unpaired) electrons. The minimum Gasteiger partial charge on any atom is -0.456 e. The average molecular weight is 402 g/mol. The first-order valence-electron chi connectivity index (χ1n) is 10.3. The number of hydrogen-bond donors (Lipinski definition) is 2. The smallest absolute Gasteiger partial charge is 0.456 e. The molecule has 147 valence electrons. The zero-order valence-electron chi connectivity index (χ0n) is 16.9. The summed E-state index contributed by atoms with van der Waals surface area (Å²) in [6, 6.07) is 26.3. The zero-order chi connectivity index (χ0) is 21.1. The lowest BCUT2D eigenvalue weighted by Crippen LogP contribution is -2.29. The number of aromatic nitrogens is 1. The fourth-order valence-corrected chi connectivity index (χ4v) is 4.53. The molecule has 0 bridgehead atoms. The van der Waals surface area contributed by atoms with Crippen LogP contribution in [0.2, 0.25) is 6.82 Å². The van der Waals surface area contributed by atoms with Crippen LogP contribution < -0.4 is 10.9 Å². The van der Waals surface area contributed by atoms with E-state index in [1.165, 1.54) is 0 Å². The third-order valence-corrected chi connectivity index (χ3v) is 6.06. The molecule has 6 heteroatoms. The number of furan rings is 1. The van der Waals surface area contributed by atoms with Gasteiger partial charge in [-0.2, -0.15) is 0 Å². The predicted molar refractivity (Wildman–Crippen MR) is 129 cm³/mol. The molecule has 4 aromatic carbocycles. The largest absolute Gasteiger partial charge is 0.488 e. The van der Waals surface area contributed by atoms with Crippen LogP contribution >= 0.6 is 0 Å². The molecule has 6 rings (SSSR count). The first-order chi connectivity index (χ1) is 15.1. The molecule has 0 saturated heterocycles. The Morgan fingerprint density at radius 1 is 0.742 bits per heavy atom. The molecular formula is C25H18B2NO3. The lowest BCUT2D eigenvalue weighted by atomic mass is 9.73. The Morgan fingerprint density at radius 2 is 1.48 bits per heavy atom. The first-order valence-corrected chi connectivity index (χ1v) is 10.3. The van der Waals surface area contributed by atoms with E-state index in [0.29, 0.717) is 5.46 Å². The van der Waals surface area contributed by atoms with Crippen molar-refractivity contribution in [1.82, 2.24) is 4.57 Å². The van der Waals surface area contributed by atoms with Crippen molar-refractivity contribution in [3.05, 3.63) is 78.9 Å². The number of rotatable bonds is 3. The normalized spacial score (nSPS) is 11.7. The molecule has 0 aliphatic rings. The van der Waals surface area contributed by atoms with Gasteiger partial charge >= 0.3 is 7.12 Å². The standard InChI is InChI=1S/C25H18B2NO3/c1-26-15-6-9-22-19(12-15)20-13-16(27(29)30)7-10-23(20)28(22)17-8-11-25-21(14-17)18-4-2-3-5-24(18)31-25/h2-14,29-30H,1H3. The quantitative estimate of drug-likeness (QED) is 0.444. The van der Waals surface area contributed by atoms with E-state index in [9.17, 15) is 10.0 Å². The minimum atomic E-state index is -1.50. The lowest BCUT2D eigenvalue weighted by Gasteiger charge is -2.09. The number of fused-ring (bicyclic) bond motifs is 6.